The largest absolute Gasteiger partial charge is 0.488 e. The van der Waals surface area contributed by atoms with E-state index in [1.807, 2.05) is 6.92 Å². The zero-order valence-corrected chi connectivity index (χ0v) is 14.4. The Balaban J connectivity index is 2.26. The van der Waals surface area contributed by atoms with Crippen molar-refractivity contribution in [3.63, 3.8) is 0 Å². The second kappa shape index (κ2) is 8.32. The summed E-state index contributed by atoms with van der Waals surface area (Å²) < 4.78 is 10.3. The molecule has 1 heterocycles. The van der Waals surface area contributed by atoms with Crippen LogP contribution in [0.2, 0.25) is 0 Å². The van der Waals surface area contributed by atoms with Crippen LogP contribution < -0.4 is 10.1 Å². The Morgan fingerprint density at radius 1 is 1.36 bits per heavy atom. The Kier molecular flexibility index (Phi) is 6.16. The molecule has 0 radical (unpaired) electrons. The lowest BCUT2D eigenvalue weighted by Crippen LogP contribution is -2.57. The fraction of sp³-hybridized carbons (Fsp3) is 0.389. The molecule has 1 aliphatic heterocycles. The zero-order chi connectivity index (χ0) is 18.4. The van der Waals surface area contributed by atoms with Crippen LogP contribution in [-0.2, 0) is 14.3 Å². The zero-order valence-electron chi connectivity index (χ0n) is 14.4. The van der Waals surface area contributed by atoms with Crippen LogP contribution in [0.3, 0.4) is 0 Å². The number of para-hydroxylation sites is 1. The standard InChI is InChI=1S/C18H22N2O5/c1-12(2)11-25-15-7-5-4-6-13(15)18(23)20-9-8-19-17(22)14(20)10-16(21)24-3/h4-7,14H,1,8-11H2,2-3H3,(H,19,22). The molecule has 1 fully saturated rings. The van der Waals surface area contributed by atoms with E-state index in [1.165, 1.54) is 12.0 Å². The highest BCUT2D eigenvalue weighted by Crippen LogP contribution is 2.23. The quantitative estimate of drug-likeness (QED) is 0.617. The average Bonchev–Trinajstić information content (AvgIpc) is 2.61. The van der Waals surface area contributed by atoms with Gasteiger partial charge in [0.2, 0.25) is 5.91 Å². The second-order valence-corrected chi connectivity index (χ2v) is 5.83. The van der Waals surface area contributed by atoms with E-state index in [0.29, 0.717) is 24.4 Å². The highest BCUT2D eigenvalue weighted by Gasteiger charge is 2.36. The average molecular weight is 346 g/mol. The third-order valence-electron chi connectivity index (χ3n) is 3.77. The Bertz CT molecular complexity index is 686. The molecule has 1 atom stereocenters. The van der Waals surface area contributed by atoms with Gasteiger partial charge >= 0.3 is 5.97 Å². The SMILES string of the molecule is C=C(C)COc1ccccc1C(=O)N1CCNC(=O)C1CC(=O)OC. The van der Waals surface area contributed by atoms with Crippen LogP contribution in [0.25, 0.3) is 0 Å². The Morgan fingerprint density at radius 3 is 2.76 bits per heavy atom. The molecule has 7 nitrogen and oxygen atoms in total. The van der Waals surface area contributed by atoms with Gasteiger partial charge < -0.3 is 19.7 Å². The molecule has 0 spiro atoms. The van der Waals surface area contributed by atoms with Gasteiger partial charge in [-0.15, -0.1) is 0 Å². The van der Waals surface area contributed by atoms with Gasteiger partial charge in [-0.3, -0.25) is 14.4 Å². The van der Waals surface area contributed by atoms with Gasteiger partial charge in [0.25, 0.3) is 5.91 Å². The summed E-state index contributed by atoms with van der Waals surface area (Å²) in [5, 5.41) is 2.67. The van der Waals surface area contributed by atoms with Gasteiger partial charge in [-0.2, -0.15) is 0 Å². The van der Waals surface area contributed by atoms with Crippen LogP contribution in [0.15, 0.2) is 36.4 Å². The smallest absolute Gasteiger partial charge is 0.308 e. The number of carbonyl (C=O) groups excluding carboxylic acids is 3. The number of carbonyl (C=O) groups is 3. The maximum atomic E-state index is 13.0. The first-order chi connectivity index (χ1) is 11.9. The van der Waals surface area contributed by atoms with Crippen LogP contribution >= 0.6 is 0 Å². The first kappa shape index (κ1) is 18.5. The predicted molar refractivity (Wildman–Crippen MR) is 91.2 cm³/mol. The van der Waals surface area contributed by atoms with Crippen LogP contribution in [0.1, 0.15) is 23.7 Å². The van der Waals surface area contributed by atoms with E-state index in [0.717, 1.165) is 5.57 Å². The third-order valence-corrected chi connectivity index (χ3v) is 3.77. The van der Waals surface area contributed by atoms with E-state index < -0.39 is 12.0 Å². The van der Waals surface area contributed by atoms with Crippen molar-refractivity contribution in [1.82, 2.24) is 10.2 Å². The molecular weight excluding hydrogens is 324 g/mol. The van der Waals surface area contributed by atoms with Crippen molar-refractivity contribution in [1.29, 1.82) is 0 Å². The maximum absolute atomic E-state index is 13.0. The maximum Gasteiger partial charge on any atom is 0.308 e. The fourth-order valence-electron chi connectivity index (χ4n) is 2.53. The van der Waals surface area contributed by atoms with E-state index in [2.05, 4.69) is 16.6 Å². The van der Waals surface area contributed by atoms with E-state index in [9.17, 15) is 14.4 Å². The second-order valence-electron chi connectivity index (χ2n) is 5.83. The number of benzene rings is 1. The van der Waals surface area contributed by atoms with Gasteiger partial charge in [0.1, 0.15) is 18.4 Å². The Morgan fingerprint density at radius 2 is 2.08 bits per heavy atom. The first-order valence-electron chi connectivity index (χ1n) is 7.95. The van der Waals surface area contributed by atoms with Crippen LogP contribution in [0.5, 0.6) is 5.75 Å². The van der Waals surface area contributed by atoms with Gasteiger partial charge in [0.15, 0.2) is 0 Å². The summed E-state index contributed by atoms with van der Waals surface area (Å²) in [5.74, 6) is -0.864. The van der Waals surface area contributed by atoms with Crippen molar-refractivity contribution in [2.75, 3.05) is 26.8 Å². The highest BCUT2D eigenvalue weighted by molar-refractivity contribution is 6.01. The number of amides is 2. The number of rotatable bonds is 6. The molecule has 25 heavy (non-hydrogen) atoms. The summed E-state index contributed by atoms with van der Waals surface area (Å²) in [6.07, 6.45) is -0.192. The van der Waals surface area contributed by atoms with Crippen molar-refractivity contribution in [2.24, 2.45) is 0 Å². The van der Waals surface area contributed by atoms with Crippen molar-refractivity contribution in [3.8, 4) is 5.75 Å². The molecule has 1 aromatic carbocycles. The third kappa shape index (κ3) is 4.59. The van der Waals surface area contributed by atoms with Gasteiger partial charge in [0.05, 0.1) is 19.1 Å². The summed E-state index contributed by atoms with van der Waals surface area (Å²) in [4.78, 5) is 38.1. The van der Waals surface area contributed by atoms with E-state index >= 15 is 0 Å². The lowest BCUT2D eigenvalue weighted by Gasteiger charge is -2.34. The minimum atomic E-state index is -0.900. The summed E-state index contributed by atoms with van der Waals surface area (Å²) in [5.41, 5.74) is 1.16. The van der Waals surface area contributed by atoms with Gasteiger partial charge in [-0.25, -0.2) is 0 Å². The van der Waals surface area contributed by atoms with Crippen molar-refractivity contribution in [2.45, 2.75) is 19.4 Å². The molecule has 0 aromatic heterocycles. The highest BCUT2D eigenvalue weighted by atomic mass is 16.5. The number of ether oxygens (including phenoxy) is 2. The molecule has 0 bridgehead atoms. The number of nitrogens with one attached hydrogen (secondary N) is 1. The molecule has 7 heteroatoms. The minimum absolute atomic E-state index is 0.192. The minimum Gasteiger partial charge on any atom is -0.488 e. The van der Waals surface area contributed by atoms with Crippen LogP contribution in [0, 0.1) is 0 Å². The molecular formula is C18H22N2O5. The molecule has 0 aliphatic carbocycles. The topological polar surface area (TPSA) is 84.9 Å². The van der Waals surface area contributed by atoms with Crippen molar-refractivity contribution >= 4 is 17.8 Å². The fourth-order valence-corrected chi connectivity index (χ4v) is 2.53. The molecule has 2 rings (SSSR count). The van der Waals surface area contributed by atoms with E-state index in [-0.39, 0.29) is 24.8 Å². The molecule has 1 saturated heterocycles. The Labute approximate surface area is 146 Å². The summed E-state index contributed by atoms with van der Waals surface area (Å²) in [7, 11) is 1.25. The van der Waals surface area contributed by atoms with Gasteiger partial charge in [0, 0.05) is 13.1 Å². The summed E-state index contributed by atoms with van der Waals surface area (Å²) in [6.45, 7) is 6.52. The molecule has 1 N–H and O–H groups in total. The molecule has 134 valence electrons. The summed E-state index contributed by atoms with van der Waals surface area (Å²) in [6, 6.07) is 5.91. The van der Waals surface area contributed by atoms with Gasteiger partial charge in [-0.05, 0) is 24.6 Å². The first-order valence-corrected chi connectivity index (χ1v) is 7.95. The number of hydrogen-bond donors (Lipinski definition) is 1. The van der Waals surface area contributed by atoms with Crippen molar-refractivity contribution in [3.05, 3.63) is 42.0 Å². The van der Waals surface area contributed by atoms with Crippen LogP contribution in [-0.4, -0.2) is 55.5 Å². The molecule has 1 aromatic rings. The number of esters is 1. The van der Waals surface area contributed by atoms with Crippen LogP contribution in [0.4, 0.5) is 0 Å². The van der Waals surface area contributed by atoms with Gasteiger partial charge in [-0.1, -0.05) is 18.7 Å². The lowest BCUT2D eigenvalue weighted by atomic mass is 10.1. The Hall–Kier alpha value is -2.83. The number of piperazine rings is 1. The molecule has 2 amide bonds. The normalized spacial score (nSPS) is 16.8. The molecule has 1 aliphatic rings. The monoisotopic (exact) mass is 346 g/mol. The molecule has 1 unspecified atom stereocenters. The van der Waals surface area contributed by atoms with Crippen molar-refractivity contribution < 1.29 is 23.9 Å². The number of hydrogen-bond acceptors (Lipinski definition) is 5. The predicted octanol–water partition coefficient (Wildman–Crippen LogP) is 1.15. The van der Waals surface area contributed by atoms with E-state index in [1.54, 1.807) is 24.3 Å². The number of methoxy groups -OCH3 is 1. The molecule has 0 saturated carbocycles. The lowest BCUT2D eigenvalue weighted by molar-refractivity contribution is -0.145. The number of nitrogens with zero attached hydrogens (tertiary/aromatic N) is 1. The van der Waals surface area contributed by atoms with E-state index in [4.69, 9.17) is 4.74 Å². The summed E-state index contributed by atoms with van der Waals surface area (Å²) >= 11 is 0.